The number of rotatable bonds is 5. The molecule has 5 nitrogen and oxygen atoms in total. The zero-order valence-corrected chi connectivity index (χ0v) is 19.1. The van der Waals surface area contributed by atoms with E-state index < -0.39 is 16.9 Å². The van der Waals surface area contributed by atoms with E-state index in [4.69, 9.17) is 17.3 Å². The van der Waals surface area contributed by atoms with Crippen molar-refractivity contribution in [1.29, 1.82) is 0 Å². The Hall–Kier alpha value is -2.96. The molecule has 2 aliphatic rings. The van der Waals surface area contributed by atoms with E-state index in [1.165, 1.54) is 17.7 Å². The zero-order valence-electron chi connectivity index (χ0n) is 18.3. The van der Waals surface area contributed by atoms with Crippen LogP contribution in [0.2, 0.25) is 5.02 Å². The summed E-state index contributed by atoms with van der Waals surface area (Å²) in [5.74, 6) is -0.845. The molecule has 7 heteroatoms. The Kier molecular flexibility index (Phi) is 5.18. The minimum atomic E-state index is -0.939. The van der Waals surface area contributed by atoms with Gasteiger partial charge in [0.2, 0.25) is 5.91 Å². The number of aromatic nitrogens is 2. The van der Waals surface area contributed by atoms with Gasteiger partial charge in [-0.15, -0.1) is 0 Å². The summed E-state index contributed by atoms with van der Waals surface area (Å²) in [6.45, 7) is 2.11. The number of nitrogens with two attached hydrogens (primary N) is 1. The number of primary amides is 1. The summed E-state index contributed by atoms with van der Waals surface area (Å²) in [6, 6.07) is 11.6. The topological polar surface area (TPSA) is 81.1 Å². The van der Waals surface area contributed by atoms with Gasteiger partial charge in [-0.3, -0.25) is 4.79 Å². The second kappa shape index (κ2) is 7.82. The molecule has 170 valence electrons. The summed E-state index contributed by atoms with van der Waals surface area (Å²) in [5.41, 5.74) is 9.26. The fraction of sp³-hybridized carbons (Fsp3) is 0.308. The Morgan fingerprint density at radius 3 is 2.76 bits per heavy atom. The van der Waals surface area contributed by atoms with Crippen LogP contribution in [0, 0.1) is 11.2 Å². The molecule has 2 aliphatic carbocycles. The van der Waals surface area contributed by atoms with Crippen molar-refractivity contribution in [1.82, 2.24) is 9.78 Å². The van der Waals surface area contributed by atoms with Gasteiger partial charge >= 0.3 is 0 Å². The number of carbonyl (C=O) groups excluding carboxylic acids is 1. The lowest BCUT2D eigenvalue weighted by atomic mass is 9.65. The minimum Gasteiger partial charge on any atom is -0.389 e. The number of benzene rings is 2. The Morgan fingerprint density at radius 1 is 1.27 bits per heavy atom. The lowest BCUT2D eigenvalue weighted by molar-refractivity contribution is -0.0461. The fourth-order valence-corrected chi connectivity index (χ4v) is 5.80. The van der Waals surface area contributed by atoms with Crippen LogP contribution >= 0.6 is 11.6 Å². The molecule has 1 amide bonds. The molecule has 0 aliphatic heterocycles. The predicted molar refractivity (Wildman–Crippen MR) is 126 cm³/mol. The Bertz CT molecular complexity index is 1280. The van der Waals surface area contributed by atoms with E-state index in [1.54, 1.807) is 24.3 Å². The Labute approximate surface area is 196 Å². The second-order valence-electron chi connectivity index (χ2n) is 9.29. The number of fused-ring (bicyclic) bond motifs is 2. The van der Waals surface area contributed by atoms with Crippen molar-refractivity contribution in [2.45, 2.75) is 44.6 Å². The van der Waals surface area contributed by atoms with E-state index >= 15 is 0 Å². The highest BCUT2D eigenvalue weighted by molar-refractivity contribution is 6.34. The molecule has 2 aromatic carbocycles. The molecule has 1 heterocycles. The molecular formula is C26H25ClFN3O2. The van der Waals surface area contributed by atoms with E-state index in [0.29, 0.717) is 36.3 Å². The van der Waals surface area contributed by atoms with Crippen molar-refractivity contribution < 1.29 is 14.3 Å². The first kappa shape index (κ1) is 21.9. The molecule has 0 saturated heterocycles. The average Bonchev–Trinajstić information content (AvgIpc) is 3.29. The number of carbonyl (C=O) groups is 1. The summed E-state index contributed by atoms with van der Waals surface area (Å²) in [7, 11) is 0. The molecule has 3 aromatic rings. The summed E-state index contributed by atoms with van der Waals surface area (Å²) in [6.07, 6.45) is 7.02. The Balaban J connectivity index is 1.44. The average molecular weight is 466 g/mol. The third-order valence-corrected chi connectivity index (χ3v) is 7.83. The number of aliphatic hydroxyl groups is 1. The van der Waals surface area contributed by atoms with Gasteiger partial charge < -0.3 is 10.8 Å². The van der Waals surface area contributed by atoms with E-state index in [0.717, 1.165) is 28.9 Å². The van der Waals surface area contributed by atoms with Gasteiger partial charge in [0.15, 0.2) is 0 Å². The smallest absolute Gasteiger partial charge is 0.250 e. The number of hydrogen-bond acceptors (Lipinski definition) is 3. The second-order valence-corrected chi connectivity index (χ2v) is 9.70. The molecule has 0 radical (unpaired) electrons. The molecule has 5 rings (SSSR count). The van der Waals surface area contributed by atoms with E-state index in [2.05, 4.69) is 18.1 Å². The maximum absolute atomic E-state index is 13.4. The van der Waals surface area contributed by atoms with Crippen molar-refractivity contribution in [3.63, 3.8) is 0 Å². The highest BCUT2D eigenvalue weighted by atomic mass is 35.5. The number of hydrogen-bond donors (Lipinski definition) is 2. The van der Waals surface area contributed by atoms with Crippen LogP contribution in [0.4, 0.5) is 4.39 Å². The molecule has 2 atom stereocenters. The molecule has 0 spiro atoms. The summed E-state index contributed by atoms with van der Waals surface area (Å²) < 4.78 is 15.2. The van der Waals surface area contributed by atoms with Crippen LogP contribution in [0.15, 0.2) is 54.2 Å². The van der Waals surface area contributed by atoms with Crippen LogP contribution in [-0.4, -0.2) is 26.4 Å². The molecule has 3 N–H and O–H groups in total. The lowest BCUT2D eigenvalue weighted by Crippen LogP contribution is -2.45. The molecule has 1 aromatic heterocycles. The first-order valence-electron chi connectivity index (χ1n) is 11.1. The minimum absolute atomic E-state index is 0.286. The molecule has 1 unspecified atom stereocenters. The highest BCUT2D eigenvalue weighted by Crippen LogP contribution is 2.56. The van der Waals surface area contributed by atoms with E-state index in [-0.39, 0.29) is 5.82 Å². The SMILES string of the molecule is CC12Cc3cnn(-c4ccc(F)cc4)c3C=C1CC[C@]2(O)CCc1cccc(Cl)c1C(N)=O. The highest BCUT2D eigenvalue weighted by Gasteiger charge is 2.54. The normalized spacial score (nSPS) is 23.7. The largest absolute Gasteiger partial charge is 0.389 e. The third kappa shape index (κ3) is 3.49. The summed E-state index contributed by atoms with van der Waals surface area (Å²) in [5, 5.41) is 16.7. The zero-order chi connectivity index (χ0) is 23.4. The van der Waals surface area contributed by atoms with Gasteiger partial charge in [0, 0.05) is 5.41 Å². The van der Waals surface area contributed by atoms with Crippen molar-refractivity contribution >= 4 is 23.6 Å². The van der Waals surface area contributed by atoms with Crippen molar-refractivity contribution in [3.8, 4) is 5.69 Å². The van der Waals surface area contributed by atoms with Gasteiger partial charge in [0.25, 0.3) is 0 Å². The Morgan fingerprint density at radius 2 is 2.03 bits per heavy atom. The van der Waals surface area contributed by atoms with Crippen molar-refractivity contribution in [2.24, 2.45) is 11.1 Å². The number of amides is 1. The van der Waals surface area contributed by atoms with Gasteiger partial charge in [0.1, 0.15) is 5.82 Å². The first-order chi connectivity index (χ1) is 15.7. The molecule has 33 heavy (non-hydrogen) atoms. The number of nitrogens with zero attached hydrogens (tertiary/aromatic N) is 2. The van der Waals surface area contributed by atoms with Crippen LogP contribution < -0.4 is 5.73 Å². The number of halogens is 2. The van der Waals surface area contributed by atoms with Crippen LogP contribution in [0.25, 0.3) is 11.8 Å². The van der Waals surface area contributed by atoms with Crippen LogP contribution in [0.5, 0.6) is 0 Å². The molecule has 1 fully saturated rings. The first-order valence-corrected chi connectivity index (χ1v) is 11.4. The van der Waals surface area contributed by atoms with Gasteiger partial charge in [-0.2, -0.15) is 5.10 Å². The third-order valence-electron chi connectivity index (χ3n) is 7.51. The molecule has 0 bridgehead atoms. The molecule has 1 saturated carbocycles. The van der Waals surface area contributed by atoms with Crippen LogP contribution in [0.3, 0.4) is 0 Å². The van der Waals surface area contributed by atoms with Crippen molar-refractivity contribution in [3.05, 3.63) is 87.5 Å². The maximum Gasteiger partial charge on any atom is 0.250 e. The molecular weight excluding hydrogens is 441 g/mol. The van der Waals surface area contributed by atoms with E-state index in [9.17, 15) is 14.3 Å². The monoisotopic (exact) mass is 465 g/mol. The van der Waals surface area contributed by atoms with Gasteiger partial charge in [-0.05, 0) is 79.6 Å². The fourth-order valence-electron chi connectivity index (χ4n) is 5.51. The van der Waals surface area contributed by atoms with Crippen molar-refractivity contribution in [2.75, 3.05) is 0 Å². The maximum atomic E-state index is 13.4. The number of aryl methyl sites for hydroxylation is 1. The van der Waals surface area contributed by atoms with Gasteiger partial charge in [-0.25, -0.2) is 9.07 Å². The van der Waals surface area contributed by atoms with Crippen LogP contribution in [-0.2, 0) is 12.8 Å². The van der Waals surface area contributed by atoms with E-state index in [1.807, 2.05) is 16.9 Å². The van der Waals surface area contributed by atoms with Gasteiger partial charge in [0.05, 0.1) is 33.8 Å². The quantitative estimate of drug-likeness (QED) is 0.564. The summed E-state index contributed by atoms with van der Waals surface area (Å²) in [4.78, 5) is 11.9. The predicted octanol–water partition coefficient (Wildman–Crippen LogP) is 4.87. The van der Waals surface area contributed by atoms with Gasteiger partial charge in [-0.1, -0.05) is 36.2 Å². The summed E-state index contributed by atoms with van der Waals surface area (Å²) >= 11 is 6.21. The standard InChI is InChI=1S/C26H25ClFN3O2/c1-25-14-17-15-30-31(20-7-5-19(28)6-8-20)22(17)13-18(25)10-12-26(25,33)11-9-16-3-2-4-21(27)23(16)24(29)32/h2-8,13,15,33H,9-12,14H2,1H3,(H2,29,32)/t25?,26-/m1/s1. The van der Waals surface area contributed by atoms with Crippen LogP contribution in [0.1, 0.15) is 53.4 Å². The lowest BCUT2D eigenvalue weighted by Gasteiger charge is -2.42.